The van der Waals surface area contributed by atoms with E-state index in [1.165, 1.54) is 0 Å². The molecule has 2 N–H and O–H groups in total. The Bertz CT molecular complexity index is 551. The van der Waals surface area contributed by atoms with E-state index in [-0.39, 0.29) is 11.9 Å². The molecule has 0 aliphatic rings. The number of hydrogen-bond donors (Lipinski definition) is 2. The molecule has 0 saturated carbocycles. The summed E-state index contributed by atoms with van der Waals surface area (Å²) in [5.41, 5.74) is 1.48. The molecule has 1 unspecified atom stereocenters. The highest BCUT2D eigenvalue weighted by atomic mass is 35.5. The summed E-state index contributed by atoms with van der Waals surface area (Å²) in [7, 11) is 0. The summed E-state index contributed by atoms with van der Waals surface area (Å²) in [6.45, 7) is 3.75. The van der Waals surface area contributed by atoms with Crippen molar-refractivity contribution in [3.63, 3.8) is 0 Å². The Balaban J connectivity index is 2.15. The van der Waals surface area contributed by atoms with Gasteiger partial charge in [-0.1, -0.05) is 17.7 Å². The molecule has 5 heteroatoms. The SMILES string of the molecule is Cc1ccc(Cl)cc1C(=O)NC(C)c1ncc[nH]1. The quantitative estimate of drug-likeness (QED) is 0.895. The smallest absolute Gasteiger partial charge is 0.252 e. The molecule has 2 rings (SSSR count). The number of nitrogens with zero attached hydrogens (tertiary/aromatic N) is 1. The number of benzene rings is 1. The third-order valence-electron chi connectivity index (χ3n) is 2.72. The second-order valence-electron chi connectivity index (χ2n) is 4.13. The van der Waals surface area contributed by atoms with Gasteiger partial charge in [0, 0.05) is 23.0 Å². The predicted molar refractivity (Wildman–Crippen MR) is 70.7 cm³/mol. The molecule has 0 radical (unpaired) electrons. The Morgan fingerprint density at radius 3 is 2.94 bits per heavy atom. The molecule has 94 valence electrons. The summed E-state index contributed by atoms with van der Waals surface area (Å²) >= 11 is 5.90. The van der Waals surface area contributed by atoms with Crippen LogP contribution in [0.1, 0.15) is 34.7 Å². The first-order chi connectivity index (χ1) is 8.58. The lowest BCUT2D eigenvalue weighted by Gasteiger charge is -2.13. The van der Waals surface area contributed by atoms with Crippen molar-refractivity contribution in [1.82, 2.24) is 15.3 Å². The van der Waals surface area contributed by atoms with E-state index in [0.717, 1.165) is 11.4 Å². The minimum Gasteiger partial charge on any atom is -0.347 e. The van der Waals surface area contributed by atoms with Crippen LogP contribution in [-0.2, 0) is 0 Å². The van der Waals surface area contributed by atoms with Crippen molar-refractivity contribution in [2.45, 2.75) is 19.9 Å². The molecule has 0 bridgehead atoms. The average Bonchev–Trinajstić information content (AvgIpc) is 2.85. The summed E-state index contributed by atoms with van der Waals surface area (Å²) in [5.74, 6) is 0.571. The fourth-order valence-corrected chi connectivity index (χ4v) is 1.87. The first-order valence-electron chi connectivity index (χ1n) is 5.64. The number of carbonyl (C=O) groups is 1. The summed E-state index contributed by atoms with van der Waals surface area (Å²) in [6.07, 6.45) is 3.38. The van der Waals surface area contributed by atoms with Gasteiger partial charge >= 0.3 is 0 Å². The number of carbonyl (C=O) groups excluding carboxylic acids is 1. The van der Waals surface area contributed by atoms with Gasteiger partial charge in [-0.25, -0.2) is 4.98 Å². The zero-order valence-corrected chi connectivity index (χ0v) is 11.0. The molecule has 1 aromatic carbocycles. The first-order valence-corrected chi connectivity index (χ1v) is 6.02. The molecule has 1 atom stereocenters. The number of imidazole rings is 1. The molecule has 0 aliphatic heterocycles. The number of halogens is 1. The van der Waals surface area contributed by atoms with Crippen molar-refractivity contribution in [2.75, 3.05) is 0 Å². The number of nitrogens with one attached hydrogen (secondary N) is 2. The van der Waals surface area contributed by atoms with Crippen LogP contribution in [0.4, 0.5) is 0 Å². The van der Waals surface area contributed by atoms with Crippen LogP contribution in [-0.4, -0.2) is 15.9 Å². The number of aryl methyl sites for hydroxylation is 1. The van der Waals surface area contributed by atoms with Crippen LogP contribution < -0.4 is 5.32 Å². The average molecular weight is 264 g/mol. The maximum absolute atomic E-state index is 12.1. The normalized spacial score (nSPS) is 12.2. The van der Waals surface area contributed by atoms with Crippen molar-refractivity contribution in [1.29, 1.82) is 0 Å². The number of aromatic nitrogens is 2. The molecule has 1 heterocycles. The van der Waals surface area contributed by atoms with Crippen LogP contribution in [0.3, 0.4) is 0 Å². The van der Waals surface area contributed by atoms with E-state index in [1.807, 2.05) is 19.9 Å². The van der Waals surface area contributed by atoms with Crippen LogP contribution in [0.15, 0.2) is 30.6 Å². The number of hydrogen-bond acceptors (Lipinski definition) is 2. The first kappa shape index (κ1) is 12.6. The van der Waals surface area contributed by atoms with Crippen LogP contribution in [0.25, 0.3) is 0 Å². The monoisotopic (exact) mass is 263 g/mol. The maximum atomic E-state index is 12.1. The summed E-state index contributed by atoms with van der Waals surface area (Å²) in [5, 5.41) is 3.43. The largest absolute Gasteiger partial charge is 0.347 e. The molecular formula is C13H14ClN3O. The fraction of sp³-hybridized carbons (Fsp3) is 0.231. The second kappa shape index (κ2) is 5.23. The maximum Gasteiger partial charge on any atom is 0.252 e. The Hall–Kier alpha value is -1.81. The van der Waals surface area contributed by atoms with Crippen LogP contribution >= 0.6 is 11.6 Å². The van der Waals surface area contributed by atoms with Gasteiger partial charge in [-0.05, 0) is 31.5 Å². The number of amides is 1. The van der Waals surface area contributed by atoms with Gasteiger partial charge in [-0.3, -0.25) is 4.79 Å². The Morgan fingerprint density at radius 1 is 1.50 bits per heavy atom. The topological polar surface area (TPSA) is 57.8 Å². The lowest BCUT2D eigenvalue weighted by molar-refractivity contribution is 0.0938. The predicted octanol–water partition coefficient (Wildman–Crippen LogP) is 2.86. The Kier molecular flexibility index (Phi) is 3.67. The highest BCUT2D eigenvalue weighted by Crippen LogP contribution is 2.16. The van der Waals surface area contributed by atoms with Gasteiger partial charge in [-0.2, -0.15) is 0 Å². The van der Waals surface area contributed by atoms with E-state index in [9.17, 15) is 4.79 Å². The summed E-state index contributed by atoms with van der Waals surface area (Å²) < 4.78 is 0. The number of rotatable bonds is 3. The van der Waals surface area contributed by atoms with Crippen molar-refractivity contribution in [2.24, 2.45) is 0 Å². The third kappa shape index (κ3) is 2.71. The molecule has 0 saturated heterocycles. The molecule has 4 nitrogen and oxygen atoms in total. The Labute approximate surface area is 110 Å². The van der Waals surface area contributed by atoms with E-state index in [0.29, 0.717) is 10.6 Å². The van der Waals surface area contributed by atoms with E-state index >= 15 is 0 Å². The van der Waals surface area contributed by atoms with Gasteiger partial charge in [0.25, 0.3) is 5.91 Å². The van der Waals surface area contributed by atoms with Gasteiger partial charge in [0.1, 0.15) is 5.82 Å². The Morgan fingerprint density at radius 2 is 2.28 bits per heavy atom. The van der Waals surface area contributed by atoms with Gasteiger partial charge in [-0.15, -0.1) is 0 Å². The second-order valence-corrected chi connectivity index (χ2v) is 4.57. The standard InChI is InChI=1S/C13H14ClN3O/c1-8-3-4-10(14)7-11(8)13(18)17-9(2)12-15-5-6-16-12/h3-7,9H,1-2H3,(H,15,16)(H,17,18). The fourth-order valence-electron chi connectivity index (χ4n) is 1.70. The van der Waals surface area contributed by atoms with E-state index < -0.39 is 0 Å². The van der Waals surface area contributed by atoms with E-state index in [1.54, 1.807) is 24.5 Å². The lowest BCUT2D eigenvalue weighted by atomic mass is 10.1. The van der Waals surface area contributed by atoms with Gasteiger partial charge in [0.2, 0.25) is 0 Å². The van der Waals surface area contributed by atoms with E-state index in [2.05, 4.69) is 15.3 Å². The zero-order chi connectivity index (χ0) is 13.1. The number of H-pyrrole nitrogens is 1. The zero-order valence-electron chi connectivity index (χ0n) is 10.2. The molecule has 1 amide bonds. The van der Waals surface area contributed by atoms with Crippen molar-refractivity contribution in [3.8, 4) is 0 Å². The highest BCUT2D eigenvalue weighted by molar-refractivity contribution is 6.31. The number of aromatic amines is 1. The van der Waals surface area contributed by atoms with E-state index in [4.69, 9.17) is 11.6 Å². The summed E-state index contributed by atoms with van der Waals surface area (Å²) in [6, 6.07) is 5.09. The van der Waals surface area contributed by atoms with Gasteiger partial charge < -0.3 is 10.3 Å². The minimum absolute atomic E-state index is 0.154. The third-order valence-corrected chi connectivity index (χ3v) is 2.96. The van der Waals surface area contributed by atoms with Crippen molar-refractivity contribution in [3.05, 3.63) is 52.6 Å². The molecular weight excluding hydrogens is 250 g/mol. The van der Waals surface area contributed by atoms with Crippen LogP contribution in [0.2, 0.25) is 5.02 Å². The highest BCUT2D eigenvalue weighted by Gasteiger charge is 2.14. The lowest BCUT2D eigenvalue weighted by Crippen LogP contribution is -2.27. The molecule has 0 aliphatic carbocycles. The van der Waals surface area contributed by atoms with Crippen LogP contribution in [0.5, 0.6) is 0 Å². The summed E-state index contributed by atoms with van der Waals surface area (Å²) in [4.78, 5) is 19.2. The molecule has 0 fully saturated rings. The minimum atomic E-state index is -0.175. The molecule has 1 aromatic heterocycles. The van der Waals surface area contributed by atoms with Crippen LogP contribution in [0, 0.1) is 6.92 Å². The van der Waals surface area contributed by atoms with Gasteiger partial charge in [0.05, 0.1) is 6.04 Å². The molecule has 2 aromatic rings. The van der Waals surface area contributed by atoms with Gasteiger partial charge in [0.15, 0.2) is 0 Å². The van der Waals surface area contributed by atoms with Crippen molar-refractivity contribution >= 4 is 17.5 Å². The molecule has 18 heavy (non-hydrogen) atoms. The van der Waals surface area contributed by atoms with Crippen molar-refractivity contribution < 1.29 is 4.79 Å². The molecule has 0 spiro atoms.